The van der Waals surface area contributed by atoms with E-state index in [1.165, 1.54) is 12.3 Å². The minimum Gasteiger partial charge on any atom is -0.351 e. The molecular formula is C18H13F4N3O. The molecule has 0 saturated carbocycles. The Kier molecular flexibility index (Phi) is 4.50. The summed E-state index contributed by atoms with van der Waals surface area (Å²) in [5.41, 5.74) is 4.58. The van der Waals surface area contributed by atoms with Crippen LogP contribution in [-0.2, 0) is 12.7 Å². The van der Waals surface area contributed by atoms with Gasteiger partial charge in [0.15, 0.2) is 0 Å². The number of hydrogen-bond donors (Lipinski definition) is 1. The van der Waals surface area contributed by atoms with Gasteiger partial charge in [-0.25, -0.2) is 9.18 Å². The number of carbonyl (C=O) groups excluding carboxylic acids is 1. The molecule has 0 radical (unpaired) electrons. The van der Waals surface area contributed by atoms with E-state index in [2.05, 4.69) is 4.98 Å². The standard InChI is InChI=1S/C18H13F4N3O/c19-15-5-4-11(8-14(15)18(20,21)22)10-25(17(23)26)16-3-1-2-12-9-24-7-6-13(12)16/h1-9H,10H2,(H2,23,26). The van der Waals surface area contributed by atoms with Crippen molar-refractivity contribution in [2.75, 3.05) is 4.90 Å². The van der Waals surface area contributed by atoms with Crippen molar-refractivity contribution >= 4 is 22.5 Å². The molecule has 2 amide bonds. The molecule has 8 heteroatoms. The first-order valence-electron chi connectivity index (χ1n) is 7.52. The highest BCUT2D eigenvalue weighted by molar-refractivity contribution is 6.02. The van der Waals surface area contributed by atoms with Gasteiger partial charge >= 0.3 is 12.2 Å². The zero-order chi connectivity index (χ0) is 18.9. The maximum Gasteiger partial charge on any atom is 0.419 e. The molecule has 0 bridgehead atoms. The summed E-state index contributed by atoms with van der Waals surface area (Å²) < 4.78 is 52.2. The fourth-order valence-corrected chi connectivity index (χ4v) is 2.69. The number of benzene rings is 2. The number of amides is 2. The smallest absolute Gasteiger partial charge is 0.351 e. The van der Waals surface area contributed by atoms with E-state index in [-0.39, 0.29) is 12.1 Å². The lowest BCUT2D eigenvalue weighted by Crippen LogP contribution is -2.35. The Bertz CT molecular complexity index is 967. The molecule has 2 N–H and O–H groups in total. The summed E-state index contributed by atoms with van der Waals surface area (Å²) in [4.78, 5) is 17.1. The Morgan fingerprint density at radius 3 is 2.62 bits per heavy atom. The molecule has 0 fully saturated rings. The summed E-state index contributed by atoms with van der Waals surface area (Å²) in [5.74, 6) is -1.37. The van der Waals surface area contributed by atoms with Crippen LogP contribution in [0.5, 0.6) is 0 Å². The van der Waals surface area contributed by atoms with E-state index in [1.807, 2.05) is 0 Å². The van der Waals surface area contributed by atoms with Gasteiger partial charge in [0, 0.05) is 23.2 Å². The predicted octanol–water partition coefficient (Wildman–Crippen LogP) is 4.48. The second kappa shape index (κ2) is 6.62. The van der Waals surface area contributed by atoms with Crippen molar-refractivity contribution in [1.29, 1.82) is 0 Å². The lowest BCUT2D eigenvalue weighted by molar-refractivity contribution is -0.140. The number of rotatable bonds is 3. The topological polar surface area (TPSA) is 59.2 Å². The van der Waals surface area contributed by atoms with Gasteiger partial charge in [-0.05, 0) is 29.8 Å². The Hall–Kier alpha value is -3.16. The molecule has 0 aliphatic heterocycles. The van der Waals surface area contributed by atoms with Crippen LogP contribution in [0.1, 0.15) is 11.1 Å². The summed E-state index contributed by atoms with van der Waals surface area (Å²) in [6.07, 6.45) is -1.70. The van der Waals surface area contributed by atoms with Crippen LogP contribution >= 0.6 is 0 Å². The summed E-state index contributed by atoms with van der Waals surface area (Å²) in [5, 5.41) is 1.41. The van der Waals surface area contributed by atoms with Gasteiger partial charge in [0.25, 0.3) is 0 Å². The molecule has 1 heterocycles. The van der Waals surface area contributed by atoms with Gasteiger partial charge in [-0.1, -0.05) is 18.2 Å². The van der Waals surface area contributed by atoms with Crippen LogP contribution in [0.25, 0.3) is 10.8 Å². The van der Waals surface area contributed by atoms with E-state index < -0.39 is 23.6 Å². The van der Waals surface area contributed by atoms with Crippen LogP contribution in [0.15, 0.2) is 54.9 Å². The van der Waals surface area contributed by atoms with E-state index in [1.54, 1.807) is 30.5 Å². The van der Waals surface area contributed by atoms with Gasteiger partial charge < -0.3 is 5.73 Å². The van der Waals surface area contributed by atoms with Gasteiger partial charge in [0.05, 0.1) is 17.8 Å². The number of hydrogen-bond acceptors (Lipinski definition) is 2. The second-order valence-electron chi connectivity index (χ2n) is 5.61. The van der Waals surface area contributed by atoms with Crippen LogP contribution in [-0.4, -0.2) is 11.0 Å². The van der Waals surface area contributed by atoms with Gasteiger partial charge in [0.1, 0.15) is 5.82 Å². The van der Waals surface area contributed by atoms with Gasteiger partial charge in [0.2, 0.25) is 0 Å². The minimum atomic E-state index is -4.83. The molecule has 0 unspecified atom stereocenters. The normalized spacial score (nSPS) is 11.5. The molecule has 0 atom stereocenters. The van der Waals surface area contributed by atoms with Crippen LogP contribution in [0.3, 0.4) is 0 Å². The third kappa shape index (κ3) is 3.44. The molecule has 0 saturated heterocycles. The third-order valence-corrected chi connectivity index (χ3v) is 3.89. The number of alkyl halides is 3. The number of primary amides is 1. The molecule has 0 aliphatic rings. The summed E-state index contributed by atoms with van der Waals surface area (Å²) in [7, 11) is 0. The lowest BCUT2D eigenvalue weighted by atomic mass is 10.1. The predicted molar refractivity (Wildman–Crippen MR) is 88.9 cm³/mol. The monoisotopic (exact) mass is 363 g/mol. The fourth-order valence-electron chi connectivity index (χ4n) is 2.69. The molecule has 26 heavy (non-hydrogen) atoms. The average Bonchev–Trinajstić information content (AvgIpc) is 2.59. The molecule has 1 aromatic heterocycles. The number of halogens is 4. The van der Waals surface area contributed by atoms with Crippen molar-refractivity contribution in [2.24, 2.45) is 5.73 Å². The Morgan fingerprint density at radius 2 is 1.92 bits per heavy atom. The molecule has 4 nitrogen and oxygen atoms in total. The maximum atomic E-state index is 13.5. The van der Waals surface area contributed by atoms with Crippen molar-refractivity contribution in [1.82, 2.24) is 4.98 Å². The zero-order valence-electron chi connectivity index (χ0n) is 13.3. The summed E-state index contributed by atoms with van der Waals surface area (Å²) in [6.45, 7) is -0.236. The van der Waals surface area contributed by atoms with E-state index >= 15 is 0 Å². The highest BCUT2D eigenvalue weighted by atomic mass is 19.4. The number of aromatic nitrogens is 1. The highest BCUT2D eigenvalue weighted by Crippen LogP contribution is 2.33. The number of fused-ring (bicyclic) bond motifs is 1. The van der Waals surface area contributed by atoms with Crippen molar-refractivity contribution in [2.45, 2.75) is 12.7 Å². The molecule has 3 rings (SSSR count). The largest absolute Gasteiger partial charge is 0.419 e. The van der Waals surface area contributed by atoms with E-state index in [0.29, 0.717) is 17.1 Å². The van der Waals surface area contributed by atoms with Crippen LogP contribution < -0.4 is 10.6 Å². The number of anilines is 1. The number of pyridine rings is 1. The first kappa shape index (κ1) is 17.7. The summed E-state index contributed by atoms with van der Waals surface area (Å²) >= 11 is 0. The van der Waals surface area contributed by atoms with Crippen molar-refractivity contribution in [3.63, 3.8) is 0 Å². The lowest BCUT2D eigenvalue weighted by Gasteiger charge is -2.23. The molecule has 0 aliphatic carbocycles. The van der Waals surface area contributed by atoms with E-state index in [4.69, 9.17) is 5.73 Å². The Morgan fingerprint density at radius 1 is 1.15 bits per heavy atom. The van der Waals surface area contributed by atoms with E-state index in [9.17, 15) is 22.4 Å². The van der Waals surface area contributed by atoms with E-state index in [0.717, 1.165) is 16.4 Å². The SMILES string of the molecule is NC(=O)N(Cc1ccc(F)c(C(F)(F)F)c1)c1cccc2cnccc12. The van der Waals surface area contributed by atoms with Crippen molar-refractivity contribution in [3.8, 4) is 0 Å². The maximum absolute atomic E-state index is 13.5. The second-order valence-corrected chi connectivity index (χ2v) is 5.61. The zero-order valence-corrected chi connectivity index (χ0v) is 13.3. The van der Waals surface area contributed by atoms with Crippen LogP contribution in [0.2, 0.25) is 0 Å². The van der Waals surface area contributed by atoms with Crippen molar-refractivity contribution < 1.29 is 22.4 Å². The third-order valence-electron chi connectivity index (χ3n) is 3.89. The van der Waals surface area contributed by atoms with Crippen LogP contribution in [0.4, 0.5) is 28.0 Å². The van der Waals surface area contributed by atoms with Crippen molar-refractivity contribution in [3.05, 3.63) is 71.8 Å². The van der Waals surface area contributed by atoms with Crippen LogP contribution in [0, 0.1) is 5.82 Å². The molecule has 0 spiro atoms. The fraction of sp³-hybridized carbons (Fsp3) is 0.111. The Balaban J connectivity index is 2.04. The Labute approximate surface area is 145 Å². The first-order valence-corrected chi connectivity index (χ1v) is 7.52. The van der Waals surface area contributed by atoms with Gasteiger partial charge in [-0.3, -0.25) is 9.88 Å². The van der Waals surface area contributed by atoms with Gasteiger partial charge in [-0.2, -0.15) is 13.2 Å². The number of urea groups is 1. The molecule has 134 valence electrons. The number of nitrogens with zero attached hydrogens (tertiary/aromatic N) is 2. The minimum absolute atomic E-state index is 0.101. The quantitative estimate of drug-likeness (QED) is 0.698. The molecular weight excluding hydrogens is 350 g/mol. The molecule has 3 aromatic rings. The highest BCUT2D eigenvalue weighted by Gasteiger charge is 2.34. The first-order chi connectivity index (χ1) is 12.3. The summed E-state index contributed by atoms with van der Waals surface area (Å²) in [6, 6.07) is 8.52. The average molecular weight is 363 g/mol. The van der Waals surface area contributed by atoms with Gasteiger partial charge in [-0.15, -0.1) is 0 Å². The molecule has 2 aromatic carbocycles. The number of carbonyl (C=O) groups is 1. The number of nitrogens with two attached hydrogens (primary N) is 1.